The molecule has 0 bridgehead atoms. The number of hydrogen-bond acceptors (Lipinski definition) is 4. The third-order valence-electron chi connectivity index (χ3n) is 3.46. The van der Waals surface area contributed by atoms with Crippen LogP contribution in [0.15, 0.2) is 42.6 Å². The van der Waals surface area contributed by atoms with Gasteiger partial charge in [-0.15, -0.1) is 0 Å². The number of anilines is 2. The number of aromatic nitrogens is 1. The number of nitrogens with zero attached hydrogens (tertiary/aromatic N) is 2. The van der Waals surface area contributed by atoms with Crippen molar-refractivity contribution in [2.24, 2.45) is 0 Å². The first-order chi connectivity index (χ1) is 10.7. The second-order valence-electron chi connectivity index (χ2n) is 4.94. The van der Waals surface area contributed by atoms with Crippen molar-refractivity contribution in [2.75, 3.05) is 36.5 Å². The van der Waals surface area contributed by atoms with Crippen LogP contribution in [-0.2, 0) is 4.74 Å². The first-order valence-electron chi connectivity index (χ1n) is 7.09. The molecule has 0 unspecified atom stereocenters. The summed E-state index contributed by atoms with van der Waals surface area (Å²) in [6, 6.07) is 9.47. The highest BCUT2D eigenvalue weighted by Gasteiger charge is 2.13. The van der Waals surface area contributed by atoms with Gasteiger partial charge in [-0.1, -0.05) is 12.1 Å². The molecular formula is C16H16FN3O2. The van der Waals surface area contributed by atoms with Crippen LogP contribution in [0.5, 0.6) is 0 Å². The van der Waals surface area contributed by atoms with Crippen LogP contribution in [0.3, 0.4) is 0 Å². The Morgan fingerprint density at radius 3 is 2.64 bits per heavy atom. The Balaban J connectivity index is 1.68. The molecule has 0 radical (unpaired) electrons. The van der Waals surface area contributed by atoms with E-state index in [1.165, 1.54) is 12.1 Å². The van der Waals surface area contributed by atoms with Gasteiger partial charge in [0.25, 0.3) is 5.91 Å². The van der Waals surface area contributed by atoms with E-state index in [0.29, 0.717) is 18.9 Å². The lowest BCUT2D eigenvalue weighted by molar-refractivity contribution is 0.102. The summed E-state index contributed by atoms with van der Waals surface area (Å²) in [7, 11) is 0. The van der Waals surface area contributed by atoms with Crippen molar-refractivity contribution in [3.05, 3.63) is 54.0 Å². The van der Waals surface area contributed by atoms with E-state index < -0.39 is 11.7 Å². The Morgan fingerprint density at radius 2 is 1.95 bits per heavy atom. The fraction of sp³-hybridized carbons (Fsp3) is 0.250. The molecule has 2 heterocycles. The Kier molecular flexibility index (Phi) is 4.29. The molecular weight excluding hydrogens is 285 g/mol. The molecule has 1 N–H and O–H groups in total. The highest BCUT2D eigenvalue weighted by atomic mass is 19.1. The van der Waals surface area contributed by atoms with Crippen molar-refractivity contribution in [1.29, 1.82) is 0 Å². The van der Waals surface area contributed by atoms with Crippen LogP contribution in [0.4, 0.5) is 15.9 Å². The molecule has 1 fully saturated rings. The molecule has 1 aliphatic heterocycles. The lowest BCUT2D eigenvalue weighted by atomic mass is 10.2. The smallest absolute Gasteiger partial charge is 0.258 e. The quantitative estimate of drug-likeness (QED) is 0.945. The van der Waals surface area contributed by atoms with Gasteiger partial charge in [-0.05, 0) is 24.3 Å². The number of carbonyl (C=O) groups excluding carboxylic acids is 1. The van der Waals surface area contributed by atoms with Gasteiger partial charge in [-0.25, -0.2) is 9.37 Å². The summed E-state index contributed by atoms with van der Waals surface area (Å²) in [5.41, 5.74) is 0.546. The molecule has 1 aliphatic rings. The molecule has 1 aromatic heterocycles. The number of amides is 1. The lowest BCUT2D eigenvalue weighted by Crippen LogP contribution is -2.36. The Morgan fingerprint density at radius 1 is 1.18 bits per heavy atom. The molecule has 22 heavy (non-hydrogen) atoms. The third kappa shape index (κ3) is 3.23. The van der Waals surface area contributed by atoms with Gasteiger partial charge in [0, 0.05) is 13.1 Å². The van der Waals surface area contributed by atoms with Crippen molar-refractivity contribution in [2.45, 2.75) is 0 Å². The van der Waals surface area contributed by atoms with Crippen molar-refractivity contribution >= 4 is 17.4 Å². The predicted octanol–water partition coefficient (Wildman–Crippen LogP) is 2.31. The minimum absolute atomic E-state index is 0.0137. The summed E-state index contributed by atoms with van der Waals surface area (Å²) < 4.78 is 18.9. The van der Waals surface area contributed by atoms with Gasteiger partial charge in [-0.3, -0.25) is 4.79 Å². The highest BCUT2D eigenvalue weighted by molar-refractivity contribution is 6.04. The summed E-state index contributed by atoms with van der Waals surface area (Å²) >= 11 is 0. The largest absolute Gasteiger partial charge is 0.378 e. The van der Waals surface area contributed by atoms with E-state index in [2.05, 4.69) is 15.2 Å². The molecule has 1 saturated heterocycles. The number of pyridine rings is 1. The molecule has 1 amide bonds. The van der Waals surface area contributed by atoms with Gasteiger partial charge in [0.1, 0.15) is 11.6 Å². The summed E-state index contributed by atoms with van der Waals surface area (Å²) in [6.45, 7) is 2.97. The van der Waals surface area contributed by atoms with E-state index in [0.717, 1.165) is 18.9 Å². The number of halogens is 1. The topological polar surface area (TPSA) is 54.5 Å². The first kappa shape index (κ1) is 14.5. The maximum absolute atomic E-state index is 13.6. The Hall–Kier alpha value is -2.47. The molecule has 0 saturated carbocycles. The normalized spacial score (nSPS) is 14.7. The van der Waals surface area contributed by atoms with Gasteiger partial charge in [0.05, 0.1) is 30.7 Å². The zero-order chi connectivity index (χ0) is 15.4. The number of morpholine rings is 1. The van der Waals surface area contributed by atoms with Crippen LogP contribution in [0.25, 0.3) is 0 Å². The molecule has 0 atom stereocenters. The fourth-order valence-corrected chi connectivity index (χ4v) is 2.28. The maximum atomic E-state index is 13.6. The fourth-order valence-electron chi connectivity index (χ4n) is 2.28. The summed E-state index contributed by atoms with van der Waals surface area (Å²) in [6.07, 6.45) is 1.57. The van der Waals surface area contributed by atoms with Crippen LogP contribution in [0, 0.1) is 5.82 Å². The monoisotopic (exact) mass is 301 g/mol. The molecule has 2 aromatic rings. The van der Waals surface area contributed by atoms with Gasteiger partial charge >= 0.3 is 0 Å². The van der Waals surface area contributed by atoms with E-state index >= 15 is 0 Å². The number of nitrogens with one attached hydrogen (secondary N) is 1. The average molecular weight is 301 g/mol. The van der Waals surface area contributed by atoms with E-state index in [4.69, 9.17) is 4.74 Å². The SMILES string of the molecule is O=C(Nc1ccc(N2CCOCC2)nc1)c1ccccc1F. The number of hydrogen-bond donors (Lipinski definition) is 1. The van der Waals surface area contributed by atoms with E-state index in [1.54, 1.807) is 24.4 Å². The molecule has 6 heteroatoms. The van der Waals surface area contributed by atoms with E-state index in [-0.39, 0.29) is 5.56 Å². The predicted molar refractivity (Wildman–Crippen MR) is 81.6 cm³/mol. The number of carbonyl (C=O) groups is 1. The minimum Gasteiger partial charge on any atom is -0.378 e. The van der Waals surface area contributed by atoms with Gasteiger partial charge < -0.3 is 15.0 Å². The van der Waals surface area contributed by atoms with Crippen molar-refractivity contribution in [3.8, 4) is 0 Å². The Labute approximate surface area is 127 Å². The number of benzene rings is 1. The maximum Gasteiger partial charge on any atom is 0.258 e. The van der Waals surface area contributed by atoms with Crippen LogP contribution >= 0.6 is 0 Å². The highest BCUT2D eigenvalue weighted by Crippen LogP contribution is 2.16. The zero-order valence-electron chi connectivity index (χ0n) is 12.0. The van der Waals surface area contributed by atoms with Crippen molar-refractivity contribution < 1.29 is 13.9 Å². The van der Waals surface area contributed by atoms with E-state index in [9.17, 15) is 9.18 Å². The van der Waals surface area contributed by atoms with Crippen molar-refractivity contribution in [1.82, 2.24) is 4.98 Å². The van der Waals surface area contributed by atoms with Crippen LogP contribution in [0.1, 0.15) is 10.4 Å². The third-order valence-corrected chi connectivity index (χ3v) is 3.46. The minimum atomic E-state index is -0.544. The van der Waals surface area contributed by atoms with Crippen LogP contribution in [-0.4, -0.2) is 37.2 Å². The second-order valence-corrected chi connectivity index (χ2v) is 4.94. The first-order valence-corrected chi connectivity index (χ1v) is 7.09. The summed E-state index contributed by atoms with van der Waals surface area (Å²) in [5.74, 6) is -0.191. The second kappa shape index (κ2) is 6.53. The van der Waals surface area contributed by atoms with Gasteiger partial charge in [0.2, 0.25) is 0 Å². The standard InChI is InChI=1S/C16H16FN3O2/c17-14-4-2-1-3-13(14)16(21)19-12-5-6-15(18-11-12)20-7-9-22-10-8-20/h1-6,11H,7-10H2,(H,19,21). The Bertz CT molecular complexity index is 655. The molecule has 3 rings (SSSR count). The van der Waals surface area contributed by atoms with Gasteiger partial charge in [-0.2, -0.15) is 0 Å². The molecule has 1 aromatic carbocycles. The van der Waals surface area contributed by atoms with Gasteiger partial charge in [0.15, 0.2) is 0 Å². The van der Waals surface area contributed by atoms with Crippen LogP contribution < -0.4 is 10.2 Å². The lowest BCUT2D eigenvalue weighted by Gasteiger charge is -2.27. The zero-order valence-corrected chi connectivity index (χ0v) is 12.0. The molecule has 114 valence electrons. The molecule has 0 aliphatic carbocycles. The average Bonchev–Trinajstić information content (AvgIpc) is 2.57. The van der Waals surface area contributed by atoms with Crippen molar-refractivity contribution in [3.63, 3.8) is 0 Å². The molecule has 0 spiro atoms. The number of ether oxygens (including phenoxy) is 1. The summed E-state index contributed by atoms with van der Waals surface area (Å²) in [5, 5.41) is 2.64. The van der Waals surface area contributed by atoms with Crippen LogP contribution in [0.2, 0.25) is 0 Å². The number of rotatable bonds is 3. The molecule has 5 nitrogen and oxygen atoms in total. The van der Waals surface area contributed by atoms with E-state index in [1.807, 2.05) is 6.07 Å². The summed E-state index contributed by atoms with van der Waals surface area (Å²) in [4.78, 5) is 18.5.